The fourth-order valence-electron chi connectivity index (χ4n) is 14.4. The molecule has 0 aliphatic carbocycles. The van der Waals surface area contributed by atoms with E-state index in [-0.39, 0.29) is 22.6 Å². The molecule has 4 atom stereocenters. The monoisotopic (exact) mass is 1430 g/mol. The SMILES string of the molecule is CC1(Cc2ccccc2)C(=O)Nc2ccc(Br)cc21.CCn1c(-c2cnc(C)nc2)nc2c(-c3ccc4c(c3)C(C)(Cc3ccccc3)CN4C)ncnc21.CN1C(=O)C(C)(Cc2ccccc2)c2cc(Br)ccc21.CN1CC(C)(Cc2ccccc2)c2cc(Br)ccc21. The molecular weight excluding hydrogens is 1360 g/mol. The standard InChI is InChI=1S/C29H29N7.C17H16BrNO.C17H18BrN.C16H14BrNO/c1-5-36-27(22-15-30-19(2)31-16-22)34-26-25(32-18-33-28(26)36)21-11-12-24-23(13-21)29(3,17-35(24)4)14-20-9-7-6-8-10-20;1-17(11-12-6-4-3-5-7-12)14-10-13(18)8-9-15(14)19(2)16(17)20;1-17(11-13-6-4-3-5-7-13)12-19(2)16-9-8-14(18)10-15(16)17;1-16(10-11-5-3-2-4-6-11)13-9-12(17)7-8-14(13)18-15(16)19/h6-13,15-16,18H,5,14,17H2,1-4H3;3-10H,11H2,1-2H3;3-10H,11-12H2,1-2H3;2-9H,10H2,1H3,(H,18,19). The van der Waals surface area contributed by atoms with Crippen molar-refractivity contribution < 1.29 is 9.59 Å². The third kappa shape index (κ3) is 13.2. The molecule has 0 saturated heterocycles. The highest BCUT2D eigenvalue weighted by molar-refractivity contribution is 9.11. The van der Waals surface area contributed by atoms with E-state index in [0.717, 1.165) is 110 Å². The summed E-state index contributed by atoms with van der Waals surface area (Å²) in [6.07, 6.45) is 8.79. The molecule has 15 heteroatoms. The van der Waals surface area contributed by atoms with E-state index in [1.54, 1.807) is 11.2 Å². The van der Waals surface area contributed by atoms with E-state index in [1.165, 1.54) is 49.2 Å². The average Bonchev–Trinajstić information content (AvgIpc) is 1.60. The maximum Gasteiger partial charge on any atom is 0.237 e. The summed E-state index contributed by atoms with van der Waals surface area (Å²) in [5, 5.41) is 2.98. The molecule has 0 spiro atoms. The Balaban J connectivity index is 0.000000126. The van der Waals surface area contributed by atoms with Gasteiger partial charge in [-0.25, -0.2) is 24.9 Å². The molecule has 4 unspecified atom stereocenters. The maximum atomic E-state index is 12.7. The van der Waals surface area contributed by atoms with Gasteiger partial charge in [-0.15, -0.1) is 0 Å². The van der Waals surface area contributed by atoms with Crippen LogP contribution >= 0.6 is 47.8 Å². The number of carbonyl (C=O) groups excluding carboxylic acids is 2. The summed E-state index contributed by atoms with van der Waals surface area (Å²) < 4.78 is 5.29. The highest BCUT2D eigenvalue weighted by atomic mass is 79.9. The number of hydrogen-bond donors (Lipinski definition) is 1. The van der Waals surface area contributed by atoms with Gasteiger partial charge in [0.05, 0.1) is 16.4 Å². The van der Waals surface area contributed by atoms with Crippen molar-refractivity contribution >= 4 is 93.5 Å². The van der Waals surface area contributed by atoms with Crippen LogP contribution in [-0.4, -0.2) is 75.5 Å². The van der Waals surface area contributed by atoms with Gasteiger partial charge < -0.3 is 24.6 Å². The van der Waals surface area contributed by atoms with Crippen molar-refractivity contribution in [3.8, 4) is 22.6 Å². The van der Waals surface area contributed by atoms with Crippen molar-refractivity contribution in [1.82, 2.24) is 29.5 Å². The molecule has 4 aliphatic heterocycles. The molecule has 0 saturated carbocycles. The maximum absolute atomic E-state index is 12.7. The number of nitrogens with one attached hydrogen (secondary N) is 1. The summed E-state index contributed by atoms with van der Waals surface area (Å²) in [6, 6.07) is 67.2. The molecular formula is C79H77Br3N10O2. The first kappa shape index (κ1) is 65.4. The van der Waals surface area contributed by atoms with Crippen LogP contribution in [0.2, 0.25) is 0 Å². The molecule has 12 nitrogen and oxygen atoms in total. The van der Waals surface area contributed by atoms with Crippen molar-refractivity contribution in [3.05, 3.63) is 277 Å². The van der Waals surface area contributed by atoms with Crippen LogP contribution in [0.15, 0.2) is 226 Å². The summed E-state index contributed by atoms with van der Waals surface area (Å²) in [4.78, 5) is 54.6. The number of aryl methyl sites for hydroxylation is 2. The van der Waals surface area contributed by atoms with Gasteiger partial charge in [0.1, 0.15) is 29.2 Å². The zero-order chi connectivity index (χ0) is 66.1. The van der Waals surface area contributed by atoms with Crippen molar-refractivity contribution in [2.45, 2.75) is 95.4 Å². The fraction of sp³-hybridized carbons (Fsp3) is 0.253. The van der Waals surface area contributed by atoms with Crippen molar-refractivity contribution in [3.63, 3.8) is 0 Å². The van der Waals surface area contributed by atoms with Gasteiger partial charge in [0, 0.05) is 106 Å². The lowest BCUT2D eigenvalue weighted by Gasteiger charge is -2.25. The Bertz CT molecular complexity index is 4580. The minimum absolute atomic E-state index is 0.000763. The van der Waals surface area contributed by atoms with Gasteiger partial charge in [0.25, 0.3) is 0 Å². The molecule has 3 aromatic heterocycles. The van der Waals surface area contributed by atoms with E-state index in [2.05, 4.69) is 245 Å². The van der Waals surface area contributed by atoms with Crippen molar-refractivity contribution in [2.24, 2.45) is 0 Å². The summed E-state index contributed by atoms with van der Waals surface area (Å²) >= 11 is 10.6. The summed E-state index contributed by atoms with van der Waals surface area (Å²) in [7, 11) is 6.21. The van der Waals surface area contributed by atoms with Gasteiger partial charge in [-0.05, 0) is 165 Å². The third-order valence-corrected chi connectivity index (χ3v) is 20.6. The molecule has 8 aromatic carbocycles. The predicted octanol–water partition coefficient (Wildman–Crippen LogP) is 17.5. The van der Waals surface area contributed by atoms with Crippen LogP contribution in [0.1, 0.15) is 85.0 Å². The Morgan fingerprint density at radius 1 is 0.489 bits per heavy atom. The van der Waals surface area contributed by atoms with Crippen molar-refractivity contribution in [2.75, 3.05) is 54.2 Å². The Morgan fingerprint density at radius 3 is 1.48 bits per heavy atom. The molecule has 0 bridgehead atoms. The first-order chi connectivity index (χ1) is 45.2. The van der Waals surface area contributed by atoms with Crippen molar-refractivity contribution in [1.29, 1.82) is 0 Å². The van der Waals surface area contributed by atoms with E-state index in [1.807, 2.05) is 107 Å². The van der Waals surface area contributed by atoms with E-state index in [0.29, 0.717) is 6.42 Å². The van der Waals surface area contributed by atoms with Crippen LogP contribution in [0.25, 0.3) is 33.8 Å². The number of imidazole rings is 1. The number of halogens is 3. The Morgan fingerprint density at radius 2 is 0.947 bits per heavy atom. The van der Waals surface area contributed by atoms with E-state index < -0.39 is 10.8 Å². The lowest BCUT2D eigenvalue weighted by molar-refractivity contribution is -0.122. The number of nitrogens with zero attached hydrogens (tertiary/aromatic N) is 9. The number of carbonyl (C=O) groups is 2. The number of likely N-dealkylation sites (N-methyl/N-ethyl adjacent to an activating group) is 3. The number of fused-ring (bicyclic) bond motifs is 5. The average molecular weight is 1440 g/mol. The normalized spacial score (nSPS) is 19.6. The van der Waals surface area contributed by atoms with E-state index >= 15 is 0 Å². The number of aromatic nitrogens is 6. The Kier molecular flexibility index (Phi) is 18.8. The van der Waals surface area contributed by atoms with Crippen LogP contribution in [0, 0.1) is 6.92 Å². The van der Waals surface area contributed by atoms with Gasteiger partial charge in [0.15, 0.2) is 5.65 Å². The number of rotatable bonds is 11. The van der Waals surface area contributed by atoms with E-state index in [4.69, 9.17) is 9.97 Å². The summed E-state index contributed by atoms with van der Waals surface area (Å²) in [5.74, 6) is 1.78. The van der Waals surface area contributed by atoms with Crippen LogP contribution in [0.5, 0.6) is 0 Å². The largest absolute Gasteiger partial charge is 0.373 e. The summed E-state index contributed by atoms with van der Waals surface area (Å²) in [5.41, 5.74) is 18.3. The molecule has 7 heterocycles. The Labute approximate surface area is 577 Å². The number of amides is 2. The first-order valence-electron chi connectivity index (χ1n) is 31.9. The topological polar surface area (TPSA) is 125 Å². The predicted molar refractivity (Wildman–Crippen MR) is 393 cm³/mol. The molecule has 4 aliphatic rings. The van der Waals surface area contributed by atoms with Crippen LogP contribution in [0.4, 0.5) is 22.7 Å². The molecule has 15 rings (SSSR count). The highest BCUT2D eigenvalue weighted by Gasteiger charge is 2.47. The lowest BCUT2D eigenvalue weighted by atomic mass is 9.78. The number of anilines is 4. The zero-order valence-electron chi connectivity index (χ0n) is 54.6. The third-order valence-electron chi connectivity index (χ3n) is 19.1. The van der Waals surface area contributed by atoms with E-state index in [9.17, 15) is 9.59 Å². The lowest BCUT2D eigenvalue weighted by Crippen LogP contribution is -2.37. The summed E-state index contributed by atoms with van der Waals surface area (Å²) in [6.45, 7) is 15.5. The van der Waals surface area contributed by atoms with Gasteiger partial charge in [-0.3, -0.25) is 9.59 Å². The molecule has 94 heavy (non-hydrogen) atoms. The molecule has 11 aromatic rings. The second-order valence-electron chi connectivity index (χ2n) is 26.3. The van der Waals surface area contributed by atoms with Crippen LogP contribution in [0.3, 0.4) is 0 Å². The quantitative estimate of drug-likeness (QED) is 0.135. The molecule has 476 valence electrons. The minimum atomic E-state index is -0.500. The van der Waals surface area contributed by atoms with Gasteiger partial charge in [-0.2, -0.15) is 0 Å². The zero-order valence-corrected chi connectivity index (χ0v) is 59.4. The van der Waals surface area contributed by atoms with Gasteiger partial charge >= 0.3 is 0 Å². The smallest absolute Gasteiger partial charge is 0.237 e. The van der Waals surface area contributed by atoms with Gasteiger partial charge in [-0.1, -0.05) is 189 Å². The van der Waals surface area contributed by atoms with Crippen LogP contribution < -0.4 is 20.0 Å². The molecule has 2 amide bonds. The Hall–Kier alpha value is -8.63. The number of hydrogen-bond acceptors (Lipinski definition) is 9. The minimum Gasteiger partial charge on any atom is -0.373 e. The first-order valence-corrected chi connectivity index (χ1v) is 34.3. The van der Waals surface area contributed by atoms with Gasteiger partial charge in [0.2, 0.25) is 11.8 Å². The number of benzene rings is 8. The molecule has 0 radical (unpaired) electrons. The fourth-order valence-corrected chi connectivity index (χ4v) is 15.5. The molecule has 0 fully saturated rings. The highest BCUT2D eigenvalue weighted by Crippen LogP contribution is 2.48. The molecule has 1 N–H and O–H groups in total. The second kappa shape index (κ2) is 27.0. The second-order valence-corrected chi connectivity index (χ2v) is 29.1. The van der Waals surface area contributed by atoms with Crippen LogP contribution in [-0.2, 0) is 63.5 Å².